The molecule has 0 aliphatic carbocycles. The Morgan fingerprint density at radius 3 is 2.64 bits per heavy atom. The lowest BCUT2D eigenvalue weighted by Crippen LogP contribution is -2.45. The molecule has 0 bridgehead atoms. The Hall–Kier alpha value is -2.00. The van der Waals surface area contributed by atoms with Gasteiger partial charge in [-0.1, -0.05) is 0 Å². The smallest absolute Gasteiger partial charge is 0.191 e. The van der Waals surface area contributed by atoms with Crippen LogP contribution in [0.1, 0.15) is 42.1 Å². The van der Waals surface area contributed by atoms with E-state index in [9.17, 15) is 5.11 Å². The number of guanidine groups is 1. The molecule has 2 heterocycles. The molecule has 2 aromatic rings. The lowest BCUT2D eigenvalue weighted by atomic mass is 9.96. The van der Waals surface area contributed by atoms with Gasteiger partial charge in [0.1, 0.15) is 29.5 Å². The highest BCUT2D eigenvalue weighted by Crippen LogP contribution is 2.26. The summed E-state index contributed by atoms with van der Waals surface area (Å²) in [6.45, 7) is 8.93. The average molecular weight is 409 g/mol. The number of rotatable bonds is 9. The van der Waals surface area contributed by atoms with Crippen molar-refractivity contribution in [1.29, 1.82) is 0 Å². The summed E-state index contributed by atoms with van der Waals surface area (Å²) in [6, 6.07) is 1.88. The summed E-state index contributed by atoms with van der Waals surface area (Å²) in [4.78, 5) is 4.62. The van der Waals surface area contributed by atoms with Crippen LogP contribution in [-0.2, 0) is 19.2 Å². The standard InChI is InChI=1S/C19H32N6O2S/c1-13-10-16(14(2)27-13)19(4,26)12-22-18(20-8-7-9-28-6)21-11-17-24-23-15(3)25(17)5/h10,26H,7-9,11-12H2,1-6H3,(H2,20,21,22). The van der Waals surface area contributed by atoms with Crippen molar-refractivity contribution in [3.63, 3.8) is 0 Å². The number of aliphatic imine (C=N–C) groups is 1. The van der Waals surface area contributed by atoms with Crippen LogP contribution in [-0.4, -0.2) is 50.9 Å². The van der Waals surface area contributed by atoms with Crippen molar-refractivity contribution in [2.45, 2.75) is 46.3 Å². The number of nitrogens with one attached hydrogen (secondary N) is 2. The second kappa shape index (κ2) is 9.97. The van der Waals surface area contributed by atoms with Crippen LogP contribution in [0.4, 0.5) is 0 Å². The first-order valence-electron chi connectivity index (χ1n) is 9.40. The van der Waals surface area contributed by atoms with Crippen LogP contribution in [0.25, 0.3) is 0 Å². The van der Waals surface area contributed by atoms with Crippen LogP contribution in [0, 0.1) is 20.8 Å². The molecule has 0 aliphatic rings. The van der Waals surface area contributed by atoms with Crippen LogP contribution in [0.3, 0.4) is 0 Å². The maximum atomic E-state index is 10.9. The number of hydrogen-bond acceptors (Lipinski definition) is 6. The van der Waals surface area contributed by atoms with Gasteiger partial charge in [-0.2, -0.15) is 11.8 Å². The number of aliphatic hydroxyl groups is 1. The van der Waals surface area contributed by atoms with Crippen LogP contribution < -0.4 is 10.6 Å². The molecule has 2 rings (SSSR count). The molecule has 9 heteroatoms. The van der Waals surface area contributed by atoms with Crippen molar-refractivity contribution >= 4 is 17.7 Å². The van der Waals surface area contributed by atoms with Crippen LogP contribution in [0.15, 0.2) is 15.5 Å². The molecule has 0 fully saturated rings. The SMILES string of the molecule is CSCCCNC(=NCc1nnc(C)n1C)NCC(C)(O)c1cc(C)oc1C. The van der Waals surface area contributed by atoms with E-state index in [0.717, 1.165) is 47.5 Å². The zero-order valence-electron chi connectivity index (χ0n) is 17.7. The molecule has 8 nitrogen and oxygen atoms in total. The molecule has 0 aliphatic heterocycles. The molecule has 0 aromatic carbocycles. The first-order chi connectivity index (χ1) is 13.2. The number of thioether (sulfide) groups is 1. The molecular formula is C19H32N6O2S. The number of nitrogens with zero attached hydrogens (tertiary/aromatic N) is 4. The fraction of sp³-hybridized carbons (Fsp3) is 0.632. The van der Waals surface area contributed by atoms with E-state index in [2.05, 4.69) is 32.1 Å². The van der Waals surface area contributed by atoms with Gasteiger partial charge in [0.15, 0.2) is 11.8 Å². The molecule has 0 amide bonds. The molecule has 0 spiro atoms. The summed E-state index contributed by atoms with van der Waals surface area (Å²) < 4.78 is 7.49. The fourth-order valence-corrected chi connectivity index (χ4v) is 3.29. The molecule has 1 unspecified atom stereocenters. The summed E-state index contributed by atoms with van der Waals surface area (Å²) >= 11 is 1.81. The Morgan fingerprint density at radius 2 is 2.07 bits per heavy atom. The predicted octanol–water partition coefficient (Wildman–Crippen LogP) is 2.03. The number of aryl methyl sites for hydroxylation is 3. The van der Waals surface area contributed by atoms with E-state index in [1.54, 1.807) is 6.92 Å². The van der Waals surface area contributed by atoms with Gasteiger partial charge >= 0.3 is 0 Å². The third-order valence-electron chi connectivity index (χ3n) is 4.60. The minimum atomic E-state index is -1.08. The van der Waals surface area contributed by atoms with Crippen LogP contribution in [0.5, 0.6) is 0 Å². The summed E-state index contributed by atoms with van der Waals surface area (Å²) in [6.07, 6.45) is 3.12. The number of aromatic nitrogens is 3. The van der Waals surface area contributed by atoms with E-state index in [-0.39, 0.29) is 0 Å². The summed E-state index contributed by atoms with van der Waals surface area (Å²) in [5.74, 6) is 4.87. The van der Waals surface area contributed by atoms with Crippen molar-refractivity contribution in [3.8, 4) is 0 Å². The Morgan fingerprint density at radius 1 is 1.32 bits per heavy atom. The molecule has 156 valence electrons. The van der Waals surface area contributed by atoms with Gasteiger partial charge in [-0.25, -0.2) is 4.99 Å². The zero-order valence-corrected chi connectivity index (χ0v) is 18.5. The monoisotopic (exact) mass is 408 g/mol. The van der Waals surface area contributed by atoms with E-state index in [0.29, 0.717) is 19.0 Å². The second-order valence-electron chi connectivity index (χ2n) is 7.11. The highest BCUT2D eigenvalue weighted by molar-refractivity contribution is 7.98. The third kappa shape index (κ3) is 6.00. The third-order valence-corrected chi connectivity index (χ3v) is 5.30. The van der Waals surface area contributed by atoms with Crippen molar-refractivity contribution in [2.24, 2.45) is 12.0 Å². The van der Waals surface area contributed by atoms with Crippen LogP contribution >= 0.6 is 11.8 Å². The van der Waals surface area contributed by atoms with Crippen molar-refractivity contribution in [1.82, 2.24) is 25.4 Å². The molecular weight excluding hydrogens is 376 g/mol. The minimum Gasteiger partial charge on any atom is -0.466 e. The molecule has 0 saturated heterocycles. The Bertz CT molecular complexity index is 796. The van der Waals surface area contributed by atoms with Crippen molar-refractivity contribution in [2.75, 3.05) is 25.1 Å². The van der Waals surface area contributed by atoms with Crippen molar-refractivity contribution < 1.29 is 9.52 Å². The molecule has 3 N–H and O–H groups in total. The van der Waals surface area contributed by atoms with Gasteiger partial charge in [-0.3, -0.25) is 0 Å². The zero-order chi connectivity index (χ0) is 20.7. The number of hydrogen-bond donors (Lipinski definition) is 3. The van der Waals surface area contributed by atoms with Gasteiger partial charge in [0.25, 0.3) is 0 Å². The lowest BCUT2D eigenvalue weighted by Gasteiger charge is -2.24. The normalized spacial score (nSPS) is 14.2. The molecule has 28 heavy (non-hydrogen) atoms. The van der Waals surface area contributed by atoms with Gasteiger partial charge in [-0.15, -0.1) is 10.2 Å². The van der Waals surface area contributed by atoms with E-state index in [1.165, 1.54) is 0 Å². The highest BCUT2D eigenvalue weighted by Gasteiger charge is 2.28. The summed E-state index contributed by atoms with van der Waals surface area (Å²) in [7, 11) is 1.92. The van der Waals surface area contributed by atoms with E-state index in [1.807, 2.05) is 50.2 Å². The first kappa shape index (κ1) is 22.3. The predicted molar refractivity (Wildman–Crippen MR) is 114 cm³/mol. The molecule has 0 radical (unpaired) electrons. The molecule has 0 saturated carbocycles. The second-order valence-corrected chi connectivity index (χ2v) is 8.10. The van der Waals surface area contributed by atoms with Gasteiger partial charge in [0.05, 0.1) is 6.54 Å². The Balaban J connectivity index is 2.06. The minimum absolute atomic E-state index is 0.305. The topological polar surface area (TPSA) is 100 Å². The Kier molecular flexibility index (Phi) is 7.94. The molecule has 1 atom stereocenters. The van der Waals surface area contributed by atoms with E-state index < -0.39 is 5.60 Å². The van der Waals surface area contributed by atoms with E-state index in [4.69, 9.17) is 4.42 Å². The van der Waals surface area contributed by atoms with Gasteiger partial charge in [-0.05, 0) is 52.2 Å². The maximum Gasteiger partial charge on any atom is 0.191 e. The van der Waals surface area contributed by atoms with Crippen molar-refractivity contribution in [3.05, 3.63) is 34.8 Å². The quantitative estimate of drug-likeness (QED) is 0.332. The highest BCUT2D eigenvalue weighted by atomic mass is 32.2. The fourth-order valence-electron chi connectivity index (χ4n) is 2.85. The summed E-state index contributed by atoms with van der Waals surface area (Å²) in [5, 5.41) is 25.7. The van der Waals surface area contributed by atoms with Gasteiger partial charge in [0, 0.05) is 19.2 Å². The average Bonchev–Trinajstić information content (AvgIpc) is 3.15. The number of furan rings is 1. The van der Waals surface area contributed by atoms with Crippen LogP contribution in [0.2, 0.25) is 0 Å². The summed E-state index contributed by atoms with van der Waals surface area (Å²) in [5.41, 5.74) is -0.298. The van der Waals surface area contributed by atoms with Gasteiger partial charge in [0.2, 0.25) is 0 Å². The van der Waals surface area contributed by atoms with E-state index >= 15 is 0 Å². The Labute approximate surface area is 171 Å². The largest absolute Gasteiger partial charge is 0.466 e. The molecule has 2 aromatic heterocycles. The lowest BCUT2D eigenvalue weighted by molar-refractivity contribution is 0.0601. The maximum absolute atomic E-state index is 10.9. The first-order valence-corrected chi connectivity index (χ1v) is 10.8. The van der Waals surface area contributed by atoms with Gasteiger partial charge < -0.3 is 24.7 Å².